The van der Waals surface area contributed by atoms with Gasteiger partial charge in [0.05, 0.1) is 23.8 Å². The maximum atomic E-state index is 12.6. The number of anilines is 1. The Morgan fingerprint density at radius 3 is 2.57 bits per heavy atom. The molecule has 0 spiro atoms. The summed E-state index contributed by atoms with van der Waals surface area (Å²) in [6, 6.07) is 11.3. The Kier molecular flexibility index (Phi) is 5.63. The third-order valence-electron chi connectivity index (χ3n) is 4.26. The number of carbonyl (C=O) groups is 1. The molecular weight excluding hydrogens is 390 g/mol. The highest BCUT2D eigenvalue weighted by Crippen LogP contribution is 2.31. The van der Waals surface area contributed by atoms with Crippen LogP contribution in [0.3, 0.4) is 0 Å². The second-order valence-electron chi connectivity index (χ2n) is 6.31. The number of nitrogens with two attached hydrogens (primary N) is 1. The summed E-state index contributed by atoms with van der Waals surface area (Å²) < 4.78 is 5.09. The number of benzene rings is 2. The van der Waals surface area contributed by atoms with Gasteiger partial charge in [-0.3, -0.25) is 20.3 Å². The van der Waals surface area contributed by atoms with E-state index in [9.17, 15) is 14.9 Å². The molecule has 1 amide bonds. The van der Waals surface area contributed by atoms with Crippen molar-refractivity contribution in [2.75, 3.05) is 12.4 Å². The molecule has 0 atom stereocenters. The van der Waals surface area contributed by atoms with Crippen LogP contribution in [0.2, 0.25) is 0 Å². The molecule has 154 valence electrons. The van der Waals surface area contributed by atoms with Crippen molar-refractivity contribution >= 4 is 39.9 Å². The first-order valence-electron chi connectivity index (χ1n) is 8.69. The van der Waals surface area contributed by atoms with E-state index < -0.39 is 10.8 Å². The summed E-state index contributed by atoms with van der Waals surface area (Å²) in [4.78, 5) is 26.2. The summed E-state index contributed by atoms with van der Waals surface area (Å²) in [6.07, 6.45) is 0. The number of fused-ring (bicyclic) bond motifs is 1. The van der Waals surface area contributed by atoms with Crippen LogP contribution in [0.5, 0.6) is 5.75 Å². The van der Waals surface area contributed by atoms with Gasteiger partial charge in [-0.15, -0.1) is 0 Å². The molecule has 0 radical (unpaired) electrons. The van der Waals surface area contributed by atoms with Gasteiger partial charge in [0.1, 0.15) is 17.0 Å². The van der Waals surface area contributed by atoms with E-state index in [0.717, 1.165) is 5.56 Å². The maximum Gasteiger partial charge on any atom is 0.296 e. The fourth-order valence-corrected chi connectivity index (χ4v) is 2.78. The highest BCUT2D eigenvalue weighted by atomic mass is 16.6. The number of aromatic nitrogens is 1. The zero-order valence-electron chi connectivity index (χ0n) is 16.1. The van der Waals surface area contributed by atoms with Gasteiger partial charge in [-0.05, 0) is 36.8 Å². The van der Waals surface area contributed by atoms with Crippen molar-refractivity contribution in [3.63, 3.8) is 0 Å². The summed E-state index contributed by atoms with van der Waals surface area (Å²) in [5.41, 5.74) is 9.71. The Hall–Kier alpha value is -4.41. The number of methoxy groups -OCH3 is 1. The molecule has 0 saturated heterocycles. The summed E-state index contributed by atoms with van der Waals surface area (Å²) in [5, 5.41) is 25.6. The smallest absolute Gasteiger partial charge is 0.296 e. The van der Waals surface area contributed by atoms with Crippen LogP contribution in [0.4, 0.5) is 11.4 Å². The van der Waals surface area contributed by atoms with Crippen LogP contribution in [0, 0.1) is 15.5 Å². The molecule has 2 aromatic carbocycles. The fraction of sp³-hybridized carbons (Fsp3) is 0.105. The lowest BCUT2D eigenvalue weighted by molar-refractivity contribution is -0.383. The van der Waals surface area contributed by atoms with Gasteiger partial charge >= 0.3 is 0 Å². The Balaban J connectivity index is 1.81. The molecule has 1 heterocycles. The molecule has 0 aliphatic carbocycles. The second-order valence-corrected chi connectivity index (χ2v) is 6.31. The van der Waals surface area contributed by atoms with Crippen molar-refractivity contribution in [3.8, 4) is 5.75 Å². The molecule has 0 bridgehead atoms. The van der Waals surface area contributed by atoms with Gasteiger partial charge < -0.3 is 20.8 Å². The van der Waals surface area contributed by atoms with E-state index in [4.69, 9.17) is 15.9 Å². The minimum absolute atomic E-state index is 0.175. The molecule has 3 rings (SSSR count). The van der Waals surface area contributed by atoms with Crippen molar-refractivity contribution in [3.05, 3.63) is 63.8 Å². The van der Waals surface area contributed by atoms with E-state index in [-0.39, 0.29) is 22.9 Å². The fourth-order valence-electron chi connectivity index (χ4n) is 2.78. The normalized spacial score (nSPS) is 11.2. The highest BCUT2D eigenvalue weighted by Gasteiger charge is 2.19. The second kappa shape index (κ2) is 8.31. The monoisotopic (exact) mass is 409 g/mol. The molecule has 3 aromatic rings. The molecule has 11 nitrogen and oxygen atoms in total. The number of hydrogen-bond acceptors (Lipinski definition) is 6. The van der Waals surface area contributed by atoms with Gasteiger partial charge in [-0.1, -0.05) is 12.1 Å². The number of amides is 1. The van der Waals surface area contributed by atoms with Gasteiger partial charge in [-0.2, -0.15) is 5.10 Å². The number of rotatable bonds is 6. The molecule has 0 aliphatic rings. The van der Waals surface area contributed by atoms with Crippen molar-refractivity contribution in [2.24, 2.45) is 10.8 Å². The first-order valence-corrected chi connectivity index (χ1v) is 8.69. The number of hydrazone groups is 1. The number of ether oxygens (including phenoxy) is 1. The third-order valence-corrected chi connectivity index (χ3v) is 4.26. The lowest BCUT2D eigenvalue weighted by Gasteiger charge is -2.06. The molecule has 30 heavy (non-hydrogen) atoms. The Labute approximate surface area is 170 Å². The summed E-state index contributed by atoms with van der Waals surface area (Å²) >= 11 is 0. The van der Waals surface area contributed by atoms with E-state index in [1.165, 1.54) is 19.2 Å². The molecule has 11 heteroatoms. The molecule has 0 unspecified atom stereocenters. The number of carbonyl (C=O) groups excluding carboxylic acids is 1. The van der Waals surface area contributed by atoms with Crippen LogP contribution < -0.4 is 21.2 Å². The zero-order chi connectivity index (χ0) is 21.8. The number of nitro groups is 1. The number of guanidine groups is 1. The van der Waals surface area contributed by atoms with Crippen LogP contribution in [-0.4, -0.2) is 34.6 Å². The highest BCUT2D eigenvalue weighted by molar-refractivity contribution is 6.07. The Morgan fingerprint density at radius 1 is 1.27 bits per heavy atom. The number of aromatic amines is 1. The third kappa shape index (κ3) is 4.35. The molecular formula is C19H19N7O4. The topological polar surface area (TPSA) is 172 Å². The molecule has 0 saturated carbocycles. The minimum Gasteiger partial charge on any atom is -0.496 e. The van der Waals surface area contributed by atoms with Crippen molar-refractivity contribution in [1.82, 2.24) is 10.4 Å². The quantitative estimate of drug-likeness (QED) is 0.181. The standard InChI is InChI=1S/C19H19N7O4/c1-10(24-25-19(20)21)11-3-5-13(6-4-11)22-18(27)15-8-12-7-14(30-2)9-16(26(28)29)17(12)23-15/h3-9,23H,1-2H3,(H,22,27)(H4,20,21,25)/b24-10-. The number of non-ortho nitro benzene ring substituents is 1. The van der Waals surface area contributed by atoms with Gasteiger partial charge in [0.25, 0.3) is 11.6 Å². The van der Waals surface area contributed by atoms with E-state index in [2.05, 4.69) is 20.8 Å². The van der Waals surface area contributed by atoms with E-state index in [0.29, 0.717) is 22.5 Å². The number of nitrogens with zero attached hydrogens (tertiary/aromatic N) is 2. The van der Waals surface area contributed by atoms with Crippen molar-refractivity contribution in [1.29, 1.82) is 5.41 Å². The molecule has 0 aliphatic heterocycles. The predicted octanol–water partition coefficient (Wildman–Crippen LogP) is 2.54. The maximum absolute atomic E-state index is 12.6. The molecule has 1 aromatic heterocycles. The first kappa shape index (κ1) is 20.3. The lowest BCUT2D eigenvalue weighted by atomic mass is 10.1. The zero-order valence-corrected chi connectivity index (χ0v) is 16.1. The summed E-state index contributed by atoms with van der Waals surface area (Å²) in [6.45, 7) is 1.75. The predicted molar refractivity (Wildman–Crippen MR) is 113 cm³/mol. The molecule has 6 N–H and O–H groups in total. The van der Waals surface area contributed by atoms with Gasteiger partial charge in [0.15, 0.2) is 0 Å². The minimum atomic E-state index is -0.535. The van der Waals surface area contributed by atoms with Crippen LogP contribution >= 0.6 is 0 Å². The number of nitro benzene ring substituents is 1. The molecule has 0 fully saturated rings. The van der Waals surface area contributed by atoms with Crippen molar-refractivity contribution in [2.45, 2.75) is 6.92 Å². The average Bonchev–Trinajstić information content (AvgIpc) is 3.15. The number of hydrogen-bond donors (Lipinski definition) is 5. The first-order chi connectivity index (χ1) is 14.3. The van der Waals surface area contributed by atoms with E-state index >= 15 is 0 Å². The van der Waals surface area contributed by atoms with Crippen LogP contribution in [-0.2, 0) is 0 Å². The average molecular weight is 409 g/mol. The van der Waals surface area contributed by atoms with Crippen LogP contribution in [0.1, 0.15) is 23.0 Å². The Morgan fingerprint density at radius 2 is 1.97 bits per heavy atom. The summed E-state index contributed by atoms with van der Waals surface area (Å²) in [5.74, 6) is -0.391. The van der Waals surface area contributed by atoms with Gasteiger partial charge in [-0.25, -0.2) is 5.43 Å². The Bertz CT molecular complexity index is 1170. The van der Waals surface area contributed by atoms with Gasteiger partial charge in [0, 0.05) is 11.1 Å². The lowest BCUT2D eigenvalue weighted by Crippen LogP contribution is -2.26. The largest absolute Gasteiger partial charge is 0.496 e. The van der Waals surface area contributed by atoms with Crippen LogP contribution in [0.15, 0.2) is 47.6 Å². The van der Waals surface area contributed by atoms with E-state index in [1.54, 1.807) is 37.3 Å². The van der Waals surface area contributed by atoms with Gasteiger partial charge in [0.2, 0.25) is 5.96 Å². The van der Waals surface area contributed by atoms with E-state index in [1.807, 2.05) is 0 Å². The number of H-pyrrole nitrogens is 1. The SMILES string of the molecule is COc1cc([N+](=O)[O-])c2[nH]c(C(=O)Nc3ccc(/C(C)=N\NC(=N)N)cc3)cc2c1. The van der Waals surface area contributed by atoms with Crippen LogP contribution in [0.25, 0.3) is 10.9 Å². The van der Waals surface area contributed by atoms with Crippen molar-refractivity contribution < 1.29 is 14.5 Å². The summed E-state index contributed by atoms with van der Waals surface area (Å²) in [7, 11) is 1.41. The number of nitrogens with one attached hydrogen (secondary N) is 4.